The molecule has 1 aliphatic rings. The zero-order valence-electron chi connectivity index (χ0n) is 11.6. The predicted octanol–water partition coefficient (Wildman–Crippen LogP) is 3.13. The summed E-state index contributed by atoms with van der Waals surface area (Å²) >= 11 is 3.40. The normalized spacial score (nSPS) is 18.9. The topological polar surface area (TPSA) is 70.7 Å². The van der Waals surface area contributed by atoms with Gasteiger partial charge in [0.05, 0.1) is 5.52 Å². The Hall–Kier alpha value is -1.14. The number of nitrogens with zero attached hydrogens (tertiary/aromatic N) is 2. The molecule has 0 aliphatic carbocycles. The lowest BCUT2D eigenvalue weighted by Gasteiger charge is -2.14. The van der Waals surface area contributed by atoms with Crippen molar-refractivity contribution in [3.8, 4) is 0 Å². The number of carbonyl (C=O) groups excluding carboxylic acids is 1. The van der Waals surface area contributed by atoms with Gasteiger partial charge in [0, 0.05) is 29.6 Å². The van der Waals surface area contributed by atoms with Crippen LogP contribution in [0.4, 0.5) is 0 Å². The van der Waals surface area contributed by atoms with Crippen molar-refractivity contribution >= 4 is 45.4 Å². The van der Waals surface area contributed by atoms with Crippen LogP contribution in [-0.4, -0.2) is 26.9 Å². The Labute approximate surface area is 137 Å². The number of aromatic nitrogens is 3. The van der Waals surface area contributed by atoms with Gasteiger partial charge in [-0.2, -0.15) is 0 Å². The van der Waals surface area contributed by atoms with Gasteiger partial charge in [0.1, 0.15) is 5.82 Å². The van der Waals surface area contributed by atoms with E-state index in [4.69, 9.17) is 0 Å². The zero-order valence-corrected chi connectivity index (χ0v) is 14.0. The number of nitrogens with one attached hydrogen (secondary N) is 2. The van der Waals surface area contributed by atoms with Crippen LogP contribution in [0.2, 0.25) is 0 Å². The molecule has 1 saturated heterocycles. The van der Waals surface area contributed by atoms with Crippen LogP contribution in [0, 0.1) is 0 Å². The number of imidazole rings is 1. The Morgan fingerprint density at radius 3 is 3.10 bits per heavy atom. The standard InChI is InChI=1S/C14H17BrN4O.ClH/c15-9-7-11-14(16-8-9)19-12(18-11)6-5-10-3-1-2-4-13(20)17-10;/h7-8,10H,1-6H2,(H,17,20)(H,16,18,19);1H. The molecule has 114 valence electrons. The first-order chi connectivity index (χ1) is 9.70. The molecule has 1 amide bonds. The van der Waals surface area contributed by atoms with E-state index >= 15 is 0 Å². The van der Waals surface area contributed by atoms with Gasteiger partial charge in [-0.3, -0.25) is 4.79 Å². The van der Waals surface area contributed by atoms with Gasteiger partial charge in [-0.1, -0.05) is 6.42 Å². The van der Waals surface area contributed by atoms with Crippen molar-refractivity contribution in [3.05, 3.63) is 22.6 Å². The van der Waals surface area contributed by atoms with Crippen molar-refractivity contribution in [3.63, 3.8) is 0 Å². The zero-order chi connectivity index (χ0) is 13.9. The average molecular weight is 374 g/mol. The quantitative estimate of drug-likeness (QED) is 0.868. The van der Waals surface area contributed by atoms with E-state index in [2.05, 4.69) is 36.2 Å². The second kappa shape index (κ2) is 7.22. The molecular formula is C14H18BrClN4O. The van der Waals surface area contributed by atoms with E-state index in [1.165, 1.54) is 0 Å². The number of H-pyrrole nitrogens is 1. The molecule has 5 nitrogen and oxygen atoms in total. The Morgan fingerprint density at radius 2 is 2.24 bits per heavy atom. The van der Waals surface area contributed by atoms with Gasteiger partial charge >= 0.3 is 0 Å². The minimum absolute atomic E-state index is 0. The van der Waals surface area contributed by atoms with Gasteiger partial charge in [0.15, 0.2) is 5.65 Å². The first kappa shape index (κ1) is 16.2. The number of hydrogen-bond acceptors (Lipinski definition) is 3. The van der Waals surface area contributed by atoms with Crippen molar-refractivity contribution in [1.29, 1.82) is 0 Å². The van der Waals surface area contributed by atoms with E-state index in [9.17, 15) is 4.79 Å². The number of halogens is 2. The van der Waals surface area contributed by atoms with Crippen molar-refractivity contribution in [1.82, 2.24) is 20.3 Å². The summed E-state index contributed by atoms with van der Waals surface area (Å²) in [5.74, 6) is 1.12. The number of hydrogen-bond donors (Lipinski definition) is 2. The van der Waals surface area contributed by atoms with Gasteiger partial charge in [-0.25, -0.2) is 9.97 Å². The summed E-state index contributed by atoms with van der Waals surface area (Å²) in [6.45, 7) is 0. The third-order valence-electron chi connectivity index (χ3n) is 3.65. The predicted molar refractivity (Wildman–Crippen MR) is 87.6 cm³/mol. The van der Waals surface area contributed by atoms with Crippen LogP contribution in [0.3, 0.4) is 0 Å². The third kappa shape index (κ3) is 4.17. The Bertz CT molecular complexity index is 630. The monoisotopic (exact) mass is 372 g/mol. The molecule has 2 aromatic rings. The molecule has 0 spiro atoms. The molecule has 21 heavy (non-hydrogen) atoms. The number of aryl methyl sites for hydroxylation is 1. The van der Waals surface area contributed by atoms with Crippen LogP contribution < -0.4 is 5.32 Å². The molecule has 1 aliphatic heterocycles. The second-order valence-corrected chi connectivity index (χ2v) is 6.17. The fourth-order valence-electron chi connectivity index (χ4n) is 2.62. The second-order valence-electron chi connectivity index (χ2n) is 5.26. The van der Waals surface area contributed by atoms with Crippen molar-refractivity contribution in [2.45, 2.75) is 44.6 Å². The lowest BCUT2D eigenvalue weighted by Crippen LogP contribution is -2.33. The number of rotatable bonds is 3. The van der Waals surface area contributed by atoms with E-state index in [0.29, 0.717) is 6.42 Å². The molecule has 3 heterocycles. The van der Waals surface area contributed by atoms with E-state index in [1.807, 2.05) is 6.07 Å². The van der Waals surface area contributed by atoms with Gasteiger partial charge in [-0.05, 0) is 41.3 Å². The molecule has 1 atom stereocenters. The summed E-state index contributed by atoms with van der Waals surface area (Å²) < 4.78 is 0.941. The largest absolute Gasteiger partial charge is 0.353 e. The van der Waals surface area contributed by atoms with Crippen LogP contribution in [0.25, 0.3) is 11.2 Å². The number of pyridine rings is 1. The summed E-state index contributed by atoms with van der Waals surface area (Å²) in [6, 6.07) is 2.25. The highest BCUT2D eigenvalue weighted by Crippen LogP contribution is 2.17. The smallest absolute Gasteiger partial charge is 0.220 e. The highest BCUT2D eigenvalue weighted by atomic mass is 79.9. The SMILES string of the molecule is Cl.O=C1CCCCC(CCc2nc3ncc(Br)cc3[nH]2)N1. The minimum atomic E-state index is 0. The maximum absolute atomic E-state index is 11.5. The summed E-state index contributed by atoms with van der Waals surface area (Å²) in [5, 5.41) is 3.09. The van der Waals surface area contributed by atoms with Crippen LogP contribution in [-0.2, 0) is 11.2 Å². The highest BCUT2D eigenvalue weighted by molar-refractivity contribution is 9.10. The van der Waals surface area contributed by atoms with Crippen LogP contribution >= 0.6 is 28.3 Å². The summed E-state index contributed by atoms with van der Waals surface area (Å²) in [5.41, 5.74) is 1.69. The van der Waals surface area contributed by atoms with Gasteiger partial charge in [0.2, 0.25) is 5.91 Å². The Morgan fingerprint density at radius 1 is 1.38 bits per heavy atom. The third-order valence-corrected chi connectivity index (χ3v) is 4.09. The molecule has 0 radical (unpaired) electrons. The first-order valence-electron chi connectivity index (χ1n) is 7.00. The Balaban J connectivity index is 0.00000161. The summed E-state index contributed by atoms with van der Waals surface area (Å²) in [7, 11) is 0. The maximum atomic E-state index is 11.5. The minimum Gasteiger partial charge on any atom is -0.353 e. The van der Waals surface area contributed by atoms with E-state index in [0.717, 1.165) is 53.6 Å². The van der Waals surface area contributed by atoms with E-state index < -0.39 is 0 Å². The lowest BCUT2D eigenvalue weighted by molar-refractivity contribution is -0.121. The van der Waals surface area contributed by atoms with Gasteiger partial charge in [-0.15, -0.1) is 12.4 Å². The summed E-state index contributed by atoms with van der Waals surface area (Å²) in [4.78, 5) is 23.6. The van der Waals surface area contributed by atoms with Crippen LogP contribution in [0.5, 0.6) is 0 Å². The van der Waals surface area contributed by atoms with Gasteiger partial charge < -0.3 is 10.3 Å². The molecule has 2 aromatic heterocycles. The van der Waals surface area contributed by atoms with E-state index in [1.54, 1.807) is 6.20 Å². The van der Waals surface area contributed by atoms with Crippen LogP contribution in [0.1, 0.15) is 37.9 Å². The number of amides is 1. The first-order valence-corrected chi connectivity index (χ1v) is 7.79. The molecule has 1 fully saturated rings. The van der Waals surface area contributed by atoms with Crippen LogP contribution in [0.15, 0.2) is 16.7 Å². The Kier molecular flexibility index (Phi) is 5.58. The average Bonchev–Trinajstić information content (AvgIpc) is 2.70. The molecule has 2 N–H and O–H groups in total. The molecule has 1 unspecified atom stereocenters. The fraction of sp³-hybridized carbons (Fsp3) is 0.500. The highest BCUT2D eigenvalue weighted by Gasteiger charge is 2.16. The van der Waals surface area contributed by atoms with Crippen molar-refractivity contribution in [2.75, 3.05) is 0 Å². The van der Waals surface area contributed by atoms with E-state index in [-0.39, 0.29) is 24.4 Å². The number of aromatic amines is 1. The van der Waals surface area contributed by atoms with Crippen molar-refractivity contribution in [2.24, 2.45) is 0 Å². The molecular weight excluding hydrogens is 356 g/mol. The summed E-state index contributed by atoms with van der Waals surface area (Å²) in [6.07, 6.45) is 7.36. The fourth-order valence-corrected chi connectivity index (χ4v) is 2.95. The molecule has 0 saturated carbocycles. The number of carbonyl (C=O) groups is 1. The number of fused-ring (bicyclic) bond motifs is 1. The molecule has 3 rings (SSSR count). The van der Waals surface area contributed by atoms with Gasteiger partial charge in [0.25, 0.3) is 0 Å². The molecule has 0 bridgehead atoms. The molecule has 0 aromatic carbocycles. The molecule has 7 heteroatoms. The lowest BCUT2D eigenvalue weighted by atomic mass is 10.1. The van der Waals surface area contributed by atoms with Crippen molar-refractivity contribution < 1.29 is 4.79 Å². The maximum Gasteiger partial charge on any atom is 0.220 e.